The first kappa shape index (κ1) is 14.2. The minimum absolute atomic E-state index is 0.102. The van der Waals surface area contributed by atoms with E-state index in [2.05, 4.69) is 10.6 Å². The minimum atomic E-state index is -1.11. The van der Waals surface area contributed by atoms with Crippen LogP contribution in [0.15, 0.2) is 11.9 Å². The van der Waals surface area contributed by atoms with Gasteiger partial charge in [0.1, 0.15) is 6.04 Å². The molecule has 92 valence electrons. The summed E-state index contributed by atoms with van der Waals surface area (Å²) in [5.41, 5.74) is 11.0. The number of aliphatic carboxylic acids is 1. The lowest BCUT2D eigenvalue weighted by Gasteiger charge is -2.15. The van der Waals surface area contributed by atoms with Crippen molar-refractivity contribution in [2.24, 2.45) is 11.5 Å². The van der Waals surface area contributed by atoms with Crippen molar-refractivity contribution in [1.82, 2.24) is 10.6 Å². The largest absolute Gasteiger partial charge is 0.480 e. The molecular formula is C9H18N4O3. The third-order valence-corrected chi connectivity index (χ3v) is 1.95. The number of hydrogen-bond acceptors (Lipinski definition) is 5. The molecule has 0 aliphatic heterocycles. The molecule has 0 bridgehead atoms. The normalized spacial score (nSPS) is 13.0. The van der Waals surface area contributed by atoms with Crippen molar-refractivity contribution in [3.63, 3.8) is 0 Å². The van der Waals surface area contributed by atoms with E-state index in [1.54, 1.807) is 7.05 Å². The fourth-order valence-corrected chi connectivity index (χ4v) is 1.07. The molecule has 0 saturated heterocycles. The highest BCUT2D eigenvalue weighted by molar-refractivity contribution is 5.83. The van der Waals surface area contributed by atoms with Crippen molar-refractivity contribution in [3.8, 4) is 0 Å². The molecule has 0 aromatic carbocycles. The van der Waals surface area contributed by atoms with Gasteiger partial charge in [0.15, 0.2) is 0 Å². The molecule has 16 heavy (non-hydrogen) atoms. The molecule has 0 aromatic heterocycles. The Morgan fingerprint density at radius 2 is 2.12 bits per heavy atom. The lowest BCUT2D eigenvalue weighted by molar-refractivity contribution is -0.141. The van der Waals surface area contributed by atoms with Gasteiger partial charge in [0.05, 0.1) is 0 Å². The number of carboxylic acid groups (broad SMARTS) is 1. The van der Waals surface area contributed by atoms with Crippen LogP contribution < -0.4 is 22.1 Å². The Balaban J connectivity index is 4.39. The third-order valence-electron chi connectivity index (χ3n) is 1.95. The molecule has 1 amide bonds. The maximum absolute atomic E-state index is 11.2. The summed E-state index contributed by atoms with van der Waals surface area (Å²) in [4.78, 5) is 22.1. The molecule has 0 fully saturated rings. The third kappa shape index (κ3) is 5.20. The average Bonchev–Trinajstić information content (AvgIpc) is 2.24. The molecule has 1 unspecified atom stereocenters. The molecule has 1 atom stereocenters. The van der Waals surface area contributed by atoms with E-state index in [1.165, 1.54) is 6.20 Å². The first-order valence-corrected chi connectivity index (χ1v) is 4.85. The molecule has 0 aromatic rings. The van der Waals surface area contributed by atoms with Gasteiger partial charge in [-0.2, -0.15) is 0 Å². The first-order chi connectivity index (χ1) is 7.54. The number of hydrogen-bond donors (Lipinski definition) is 5. The molecule has 7 heteroatoms. The van der Waals surface area contributed by atoms with Crippen LogP contribution in [0.25, 0.3) is 0 Å². The van der Waals surface area contributed by atoms with Gasteiger partial charge in [0.2, 0.25) is 5.91 Å². The fourth-order valence-electron chi connectivity index (χ4n) is 1.07. The van der Waals surface area contributed by atoms with Crippen molar-refractivity contribution in [1.29, 1.82) is 0 Å². The van der Waals surface area contributed by atoms with Gasteiger partial charge in [-0.1, -0.05) is 0 Å². The van der Waals surface area contributed by atoms with Crippen molar-refractivity contribution in [3.05, 3.63) is 11.9 Å². The van der Waals surface area contributed by atoms with Crippen LogP contribution in [0.4, 0.5) is 0 Å². The van der Waals surface area contributed by atoms with Crippen molar-refractivity contribution >= 4 is 11.9 Å². The Kier molecular flexibility index (Phi) is 6.69. The standard InChI is InChI=1S/C9H18N4O3/c1-12-6(5-11)4-7(9(15)16)13-8(14)2-3-10/h5,7,12H,2-4,10-11H2,1H3,(H,13,14)(H,15,16)/b6-5-. The maximum Gasteiger partial charge on any atom is 0.326 e. The van der Waals surface area contributed by atoms with Crippen LogP contribution in [0, 0.1) is 0 Å². The van der Waals surface area contributed by atoms with Crippen molar-refractivity contribution in [2.45, 2.75) is 18.9 Å². The van der Waals surface area contributed by atoms with Crippen molar-refractivity contribution < 1.29 is 14.7 Å². The maximum atomic E-state index is 11.2. The highest BCUT2D eigenvalue weighted by Gasteiger charge is 2.20. The zero-order valence-electron chi connectivity index (χ0n) is 9.19. The highest BCUT2D eigenvalue weighted by atomic mass is 16.4. The van der Waals surface area contributed by atoms with Crippen molar-refractivity contribution in [2.75, 3.05) is 13.6 Å². The van der Waals surface area contributed by atoms with E-state index < -0.39 is 12.0 Å². The molecule has 0 aliphatic rings. The van der Waals surface area contributed by atoms with Crippen LogP contribution in [-0.4, -0.2) is 36.6 Å². The highest BCUT2D eigenvalue weighted by Crippen LogP contribution is 2.01. The number of amides is 1. The topological polar surface area (TPSA) is 130 Å². The van der Waals surface area contributed by atoms with E-state index in [9.17, 15) is 9.59 Å². The number of nitrogens with two attached hydrogens (primary N) is 2. The molecule has 7 nitrogen and oxygen atoms in total. The Labute approximate surface area is 93.9 Å². The van der Waals surface area contributed by atoms with E-state index in [0.717, 1.165) is 0 Å². The van der Waals surface area contributed by atoms with Crippen LogP contribution in [0.1, 0.15) is 12.8 Å². The molecule has 0 rings (SSSR count). The Bertz CT molecular complexity index is 278. The number of carbonyl (C=O) groups excluding carboxylic acids is 1. The second kappa shape index (κ2) is 7.52. The number of carboxylic acids is 1. The first-order valence-electron chi connectivity index (χ1n) is 4.85. The lowest BCUT2D eigenvalue weighted by atomic mass is 10.1. The predicted molar refractivity (Wildman–Crippen MR) is 59.2 cm³/mol. The molecule has 0 heterocycles. The molecule has 0 radical (unpaired) electrons. The number of rotatable bonds is 7. The molecule has 0 spiro atoms. The zero-order chi connectivity index (χ0) is 12.6. The Morgan fingerprint density at radius 1 is 1.50 bits per heavy atom. The summed E-state index contributed by atoms with van der Waals surface area (Å²) in [7, 11) is 1.62. The SMILES string of the molecule is CN/C(=C\N)CC(NC(=O)CCN)C(=O)O. The van der Waals surface area contributed by atoms with Gasteiger partial charge in [-0.05, 0) is 0 Å². The summed E-state index contributed by atoms with van der Waals surface area (Å²) in [6, 6.07) is -0.999. The van der Waals surface area contributed by atoms with Gasteiger partial charge in [0, 0.05) is 38.3 Å². The molecule has 0 saturated carbocycles. The van der Waals surface area contributed by atoms with Crippen LogP contribution in [0.5, 0.6) is 0 Å². The summed E-state index contributed by atoms with van der Waals surface area (Å²) in [6.07, 6.45) is 1.48. The van der Waals surface area contributed by atoms with Gasteiger partial charge in [-0.25, -0.2) is 4.79 Å². The second-order valence-corrected chi connectivity index (χ2v) is 3.14. The number of nitrogens with one attached hydrogen (secondary N) is 2. The monoisotopic (exact) mass is 230 g/mol. The fraction of sp³-hybridized carbons (Fsp3) is 0.556. The predicted octanol–water partition coefficient (Wildman–Crippen LogP) is -1.69. The zero-order valence-corrected chi connectivity index (χ0v) is 9.19. The van der Waals surface area contributed by atoms with E-state index in [-0.39, 0.29) is 25.3 Å². The second-order valence-electron chi connectivity index (χ2n) is 3.14. The summed E-state index contributed by atoms with van der Waals surface area (Å²) in [5, 5.41) is 14.0. The van der Waals surface area contributed by atoms with Crippen LogP contribution >= 0.6 is 0 Å². The summed E-state index contributed by atoms with van der Waals surface area (Å²) in [5.74, 6) is -1.50. The Morgan fingerprint density at radius 3 is 2.50 bits per heavy atom. The molecule has 0 aliphatic carbocycles. The lowest BCUT2D eigenvalue weighted by Crippen LogP contribution is -2.42. The van der Waals surface area contributed by atoms with E-state index in [1.807, 2.05) is 0 Å². The van der Waals surface area contributed by atoms with Gasteiger partial charge >= 0.3 is 5.97 Å². The molecular weight excluding hydrogens is 212 g/mol. The van der Waals surface area contributed by atoms with E-state index in [4.69, 9.17) is 16.6 Å². The minimum Gasteiger partial charge on any atom is -0.480 e. The smallest absolute Gasteiger partial charge is 0.326 e. The molecule has 7 N–H and O–H groups in total. The van der Waals surface area contributed by atoms with Crippen LogP contribution in [0.3, 0.4) is 0 Å². The van der Waals surface area contributed by atoms with Gasteiger partial charge in [-0.15, -0.1) is 0 Å². The van der Waals surface area contributed by atoms with E-state index in [0.29, 0.717) is 5.70 Å². The summed E-state index contributed by atoms with van der Waals surface area (Å²) in [6.45, 7) is 0.184. The van der Waals surface area contributed by atoms with Crippen LogP contribution in [0.2, 0.25) is 0 Å². The quantitative estimate of drug-likeness (QED) is 0.355. The average molecular weight is 230 g/mol. The number of carbonyl (C=O) groups is 2. The van der Waals surface area contributed by atoms with Crippen LogP contribution in [-0.2, 0) is 9.59 Å². The van der Waals surface area contributed by atoms with Gasteiger partial charge in [0.25, 0.3) is 0 Å². The van der Waals surface area contributed by atoms with E-state index >= 15 is 0 Å². The van der Waals surface area contributed by atoms with Gasteiger partial charge < -0.3 is 27.2 Å². The summed E-state index contributed by atoms with van der Waals surface area (Å²) < 4.78 is 0. The Hall–Kier alpha value is -1.76. The summed E-state index contributed by atoms with van der Waals surface area (Å²) >= 11 is 0. The van der Waals surface area contributed by atoms with Gasteiger partial charge in [-0.3, -0.25) is 4.79 Å².